The molecule has 0 fully saturated rings. The third-order valence-corrected chi connectivity index (χ3v) is 3.20. The van der Waals surface area contributed by atoms with Crippen LogP contribution in [0.25, 0.3) is 0 Å². The Balaban J connectivity index is 0.000000705. The lowest BCUT2D eigenvalue weighted by Crippen LogP contribution is -2.17. The fourth-order valence-electron chi connectivity index (χ4n) is 1.72. The van der Waals surface area contributed by atoms with E-state index in [9.17, 15) is 4.39 Å². The number of hydrogen-bond donors (Lipinski definition) is 4. The standard InChI is InChI=1S/C16H18FN3O.2C2H2O4/c1-20(2)10-11-21-19-16(14-4-3-9-18-12-14)13-5-7-15(17)8-6-13;2*3-1(4)2(5)6/h3-9,12H,10-11H2,1-2H3;2*(H,3,4)(H,5,6)/b19-16+;;. The van der Waals surface area contributed by atoms with Gasteiger partial charge in [0.2, 0.25) is 0 Å². The van der Waals surface area contributed by atoms with Crippen molar-refractivity contribution in [1.82, 2.24) is 9.88 Å². The molecule has 0 aliphatic rings. The zero-order valence-electron chi connectivity index (χ0n) is 17.6. The Kier molecular flexibility index (Phi) is 13.4. The van der Waals surface area contributed by atoms with Crippen molar-refractivity contribution in [2.75, 3.05) is 27.2 Å². The molecule has 1 aromatic heterocycles. The molecule has 0 saturated heterocycles. The Labute approximate surface area is 187 Å². The van der Waals surface area contributed by atoms with Crippen LogP contribution in [0.3, 0.4) is 0 Å². The van der Waals surface area contributed by atoms with E-state index < -0.39 is 23.9 Å². The second-order valence-electron chi connectivity index (χ2n) is 6.05. The van der Waals surface area contributed by atoms with Crippen molar-refractivity contribution < 1.29 is 48.8 Å². The molecule has 1 heterocycles. The van der Waals surface area contributed by atoms with Gasteiger partial charge in [0.05, 0.1) is 0 Å². The fraction of sp³-hybridized carbons (Fsp3) is 0.200. The lowest BCUT2D eigenvalue weighted by atomic mass is 10.0. The quantitative estimate of drug-likeness (QED) is 0.204. The Morgan fingerprint density at radius 1 is 0.909 bits per heavy atom. The molecule has 0 aliphatic carbocycles. The van der Waals surface area contributed by atoms with Gasteiger partial charge in [-0.15, -0.1) is 0 Å². The second kappa shape index (κ2) is 15.4. The molecule has 33 heavy (non-hydrogen) atoms. The van der Waals surface area contributed by atoms with Crippen molar-refractivity contribution in [2.24, 2.45) is 5.16 Å². The van der Waals surface area contributed by atoms with Crippen LogP contribution in [0.5, 0.6) is 0 Å². The number of benzene rings is 1. The molecule has 0 bridgehead atoms. The minimum absolute atomic E-state index is 0.280. The van der Waals surface area contributed by atoms with E-state index in [2.05, 4.69) is 10.1 Å². The van der Waals surface area contributed by atoms with E-state index >= 15 is 0 Å². The number of carbonyl (C=O) groups is 4. The van der Waals surface area contributed by atoms with E-state index in [1.165, 1.54) is 12.1 Å². The van der Waals surface area contributed by atoms with Crippen LogP contribution in [-0.4, -0.2) is 87.1 Å². The van der Waals surface area contributed by atoms with Gasteiger partial charge >= 0.3 is 23.9 Å². The fourth-order valence-corrected chi connectivity index (χ4v) is 1.72. The predicted octanol–water partition coefficient (Wildman–Crippen LogP) is 0.863. The molecule has 2 rings (SSSR count). The van der Waals surface area contributed by atoms with Gasteiger partial charge in [-0.2, -0.15) is 0 Å². The summed E-state index contributed by atoms with van der Waals surface area (Å²) in [6, 6.07) is 9.88. The van der Waals surface area contributed by atoms with E-state index in [0.717, 1.165) is 17.7 Å². The molecule has 0 amide bonds. The largest absolute Gasteiger partial charge is 0.473 e. The summed E-state index contributed by atoms with van der Waals surface area (Å²) in [4.78, 5) is 47.9. The predicted molar refractivity (Wildman–Crippen MR) is 111 cm³/mol. The first kappa shape index (κ1) is 28.6. The average molecular weight is 467 g/mol. The van der Waals surface area contributed by atoms with E-state index in [0.29, 0.717) is 12.3 Å². The first-order chi connectivity index (χ1) is 15.5. The number of carboxylic acids is 4. The summed E-state index contributed by atoms with van der Waals surface area (Å²) in [7, 11) is 3.93. The van der Waals surface area contributed by atoms with Gasteiger partial charge in [0.1, 0.15) is 18.1 Å². The van der Waals surface area contributed by atoms with Crippen molar-refractivity contribution in [3.63, 3.8) is 0 Å². The number of carboxylic acid groups (broad SMARTS) is 4. The van der Waals surface area contributed by atoms with E-state index in [-0.39, 0.29) is 5.82 Å². The van der Waals surface area contributed by atoms with Crippen LogP contribution < -0.4 is 0 Å². The van der Waals surface area contributed by atoms with Crippen molar-refractivity contribution in [3.8, 4) is 0 Å². The van der Waals surface area contributed by atoms with Crippen LogP contribution in [0, 0.1) is 5.82 Å². The van der Waals surface area contributed by atoms with Gasteiger partial charge in [0, 0.05) is 30.1 Å². The van der Waals surface area contributed by atoms with Gasteiger partial charge in [-0.3, -0.25) is 4.98 Å². The number of oxime groups is 1. The first-order valence-electron chi connectivity index (χ1n) is 8.89. The molecule has 13 heteroatoms. The van der Waals surface area contributed by atoms with Gasteiger partial charge in [0.25, 0.3) is 0 Å². The molecule has 4 N–H and O–H groups in total. The number of aliphatic carboxylic acids is 4. The maximum Gasteiger partial charge on any atom is 0.414 e. The molecule has 0 spiro atoms. The SMILES string of the molecule is CN(C)CCO/N=C(\c1ccc(F)cc1)c1cccnc1.O=C(O)C(=O)O.O=C(O)C(=O)O. The van der Waals surface area contributed by atoms with Crippen LogP contribution >= 0.6 is 0 Å². The van der Waals surface area contributed by atoms with Crippen molar-refractivity contribution in [3.05, 3.63) is 65.7 Å². The number of likely N-dealkylation sites (N-methyl/N-ethyl adjacent to an activating group) is 1. The minimum atomic E-state index is -1.82. The van der Waals surface area contributed by atoms with Gasteiger partial charge in [-0.05, 0) is 50.5 Å². The smallest absolute Gasteiger partial charge is 0.414 e. The summed E-state index contributed by atoms with van der Waals surface area (Å²) in [5.41, 5.74) is 2.25. The molecule has 0 saturated carbocycles. The zero-order chi connectivity index (χ0) is 25.4. The number of hydrogen-bond acceptors (Lipinski definition) is 8. The van der Waals surface area contributed by atoms with Gasteiger partial charge in [-0.1, -0.05) is 5.16 Å². The topological polar surface area (TPSA) is 187 Å². The summed E-state index contributed by atoms with van der Waals surface area (Å²) in [5, 5.41) is 33.8. The molecular formula is C20H22FN3O9. The molecule has 178 valence electrons. The maximum absolute atomic E-state index is 13.1. The summed E-state index contributed by atoms with van der Waals surface area (Å²) >= 11 is 0. The maximum atomic E-state index is 13.1. The molecule has 0 unspecified atom stereocenters. The molecule has 0 aliphatic heterocycles. The lowest BCUT2D eigenvalue weighted by Gasteiger charge is -2.10. The third kappa shape index (κ3) is 13.5. The molecule has 0 atom stereocenters. The second-order valence-corrected chi connectivity index (χ2v) is 6.05. The van der Waals surface area contributed by atoms with Crippen LogP contribution in [0.2, 0.25) is 0 Å². The van der Waals surface area contributed by atoms with E-state index in [4.69, 9.17) is 44.4 Å². The number of pyridine rings is 1. The zero-order valence-corrected chi connectivity index (χ0v) is 17.6. The minimum Gasteiger partial charge on any atom is -0.473 e. The number of aromatic nitrogens is 1. The molecule has 12 nitrogen and oxygen atoms in total. The monoisotopic (exact) mass is 467 g/mol. The first-order valence-corrected chi connectivity index (χ1v) is 8.89. The normalized spacial score (nSPS) is 10.1. The van der Waals surface area contributed by atoms with Gasteiger partial charge in [0.15, 0.2) is 0 Å². The van der Waals surface area contributed by atoms with Crippen LogP contribution in [-0.2, 0) is 24.0 Å². The van der Waals surface area contributed by atoms with Crippen molar-refractivity contribution >= 4 is 29.6 Å². The Morgan fingerprint density at radius 3 is 1.82 bits per heavy atom. The number of halogens is 1. The summed E-state index contributed by atoms with van der Waals surface area (Å²) in [5.74, 6) is -7.58. The number of rotatable bonds is 6. The van der Waals surface area contributed by atoms with E-state index in [1.807, 2.05) is 31.1 Å². The van der Waals surface area contributed by atoms with Crippen LogP contribution in [0.4, 0.5) is 4.39 Å². The van der Waals surface area contributed by atoms with Crippen LogP contribution in [0.1, 0.15) is 11.1 Å². The summed E-state index contributed by atoms with van der Waals surface area (Å²) in [6.07, 6.45) is 3.40. The third-order valence-electron chi connectivity index (χ3n) is 3.20. The highest BCUT2D eigenvalue weighted by Gasteiger charge is 2.08. The molecule has 1 aromatic carbocycles. The molecular weight excluding hydrogens is 445 g/mol. The van der Waals surface area contributed by atoms with Crippen molar-refractivity contribution in [2.45, 2.75) is 0 Å². The van der Waals surface area contributed by atoms with Crippen LogP contribution in [0.15, 0.2) is 53.9 Å². The molecule has 0 radical (unpaired) electrons. The lowest BCUT2D eigenvalue weighted by molar-refractivity contribution is -0.159. The summed E-state index contributed by atoms with van der Waals surface area (Å²) < 4.78 is 13.1. The number of nitrogens with zero attached hydrogens (tertiary/aromatic N) is 3. The highest BCUT2D eigenvalue weighted by atomic mass is 19.1. The highest BCUT2D eigenvalue weighted by molar-refractivity contribution is 6.27. The Bertz CT molecular complexity index is 901. The average Bonchev–Trinajstić information content (AvgIpc) is 2.76. The Morgan fingerprint density at radius 2 is 1.42 bits per heavy atom. The Hall–Kier alpha value is -4.39. The summed E-state index contributed by atoms with van der Waals surface area (Å²) in [6.45, 7) is 1.26. The highest BCUT2D eigenvalue weighted by Crippen LogP contribution is 2.11. The van der Waals surface area contributed by atoms with Crippen molar-refractivity contribution in [1.29, 1.82) is 0 Å². The molecule has 2 aromatic rings. The van der Waals surface area contributed by atoms with E-state index in [1.54, 1.807) is 24.5 Å². The van der Waals surface area contributed by atoms with Gasteiger partial charge in [-0.25, -0.2) is 23.6 Å². The van der Waals surface area contributed by atoms with Gasteiger partial charge < -0.3 is 30.2 Å².